The molecular formula is C9H9NTe. The monoisotopic (exact) mass is 261 g/mol. The van der Waals surface area contributed by atoms with Crippen LogP contribution in [0.2, 0.25) is 4.47 Å². The van der Waals surface area contributed by atoms with Crippen LogP contribution in [0, 0.1) is 11.3 Å². The second-order valence-electron chi connectivity index (χ2n) is 2.07. The van der Waals surface area contributed by atoms with E-state index in [0.717, 1.165) is 10.9 Å². The summed E-state index contributed by atoms with van der Waals surface area (Å²) < 4.78 is 2.55. The van der Waals surface area contributed by atoms with Gasteiger partial charge in [-0.05, 0) is 0 Å². The standard InChI is InChI=1S/C9H9NTe/c10-7-4-8-11-9-5-2-1-3-6-9/h1-3,5-6H,4,8H2. The third-order valence-corrected chi connectivity index (χ3v) is 4.12. The van der Waals surface area contributed by atoms with Crippen LogP contribution >= 0.6 is 0 Å². The van der Waals surface area contributed by atoms with Gasteiger partial charge in [-0.1, -0.05) is 0 Å². The van der Waals surface area contributed by atoms with Gasteiger partial charge in [0.15, 0.2) is 0 Å². The van der Waals surface area contributed by atoms with Crippen molar-refractivity contribution >= 4 is 24.5 Å². The Hall–Kier alpha value is -0.500. The molecule has 0 bridgehead atoms. The minimum atomic E-state index is -0.0702. The molecule has 1 rings (SSSR count). The molecule has 0 fully saturated rings. The van der Waals surface area contributed by atoms with Crippen LogP contribution in [0.4, 0.5) is 0 Å². The second-order valence-corrected chi connectivity index (χ2v) is 5.40. The zero-order valence-electron chi connectivity index (χ0n) is 6.16. The van der Waals surface area contributed by atoms with E-state index in [1.807, 2.05) is 6.07 Å². The molecule has 0 radical (unpaired) electrons. The van der Waals surface area contributed by atoms with Gasteiger partial charge < -0.3 is 0 Å². The van der Waals surface area contributed by atoms with Crippen molar-refractivity contribution in [3.8, 4) is 6.07 Å². The Morgan fingerprint density at radius 2 is 2.00 bits per heavy atom. The molecule has 0 aromatic heterocycles. The van der Waals surface area contributed by atoms with Crippen LogP contribution in [-0.2, 0) is 0 Å². The summed E-state index contributed by atoms with van der Waals surface area (Å²) in [5.74, 6) is 0. The SMILES string of the molecule is N#CCC[Te]c1ccccc1. The zero-order valence-corrected chi connectivity index (χ0v) is 8.49. The van der Waals surface area contributed by atoms with Gasteiger partial charge in [-0.2, -0.15) is 0 Å². The van der Waals surface area contributed by atoms with E-state index in [0.29, 0.717) is 0 Å². The quantitative estimate of drug-likeness (QED) is 0.593. The number of nitrogens with zero attached hydrogens (tertiary/aromatic N) is 1. The first-order chi connectivity index (χ1) is 5.43. The maximum absolute atomic E-state index is 8.32. The van der Waals surface area contributed by atoms with Crippen molar-refractivity contribution < 1.29 is 0 Å². The molecule has 0 aliphatic carbocycles. The molecule has 11 heavy (non-hydrogen) atoms. The molecule has 0 heterocycles. The third-order valence-electron chi connectivity index (χ3n) is 1.23. The van der Waals surface area contributed by atoms with E-state index in [1.54, 1.807) is 0 Å². The van der Waals surface area contributed by atoms with Crippen molar-refractivity contribution in [1.29, 1.82) is 5.26 Å². The van der Waals surface area contributed by atoms with Crippen LogP contribution in [0.3, 0.4) is 0 Å². The van der Waals surface area contributed by atoms with Gasteiger partial charge >= 0.3 is 77.1 Å². The van der Waals surface area contributed by atoms with Crippen LogP contribution in [0.1, 0.15) is 6.42 Å². The fourth-order valence-corrected chi connectivity index (χ4v) is 2.95. The molecule has 0 saturated heterocycles. The van der Waals surface area contributed by atoms with E-state index in [2.05, 4.69) is 30.3 Å². The Kier molecular flexibility index (Phi) is 4.05. The minimum absolute atomic E-state index is 0.0702. The number of rotatable bonds is 3. The van der Waals surface area contributed by atoms with E-state index in [1.165, 1.54) is 3.61 Å². The summed E-state index contributed by atoms with van der Waals surface area (Å²) in [4.78, 5) is 0. The summed E-state index contributed by atoms with van der Waals surface area (Å²) in [5, 5.41) is 8.32. The second kappa shape index (κ2) is 5.19. The van der Waals surface area contributed by atoms with Crippen molar-refractivity contribution in [1.82, 2.24) is 0 Å². The van der Waals surface area contributed by atoms with Gasteiger partial charge in [-0.25, -0.2) is 0 Å². The van der Waals surface area contributed by atoms with Crippen molar-refractivity contribution in [3.63, 3.8) is 0 Å². The molecule has 0 unspecified atom stereocenters. The molecule has 0 aliphatic rings. The van der Waals surface area contributed by atoms with Crippen LogP contribution < -0.4 is 3.61 Å². The van der Waals surface area contributed by atoms with E-state index in [4.69, 9.17) is 5.26 Å². The predicted molar refractivity (Wildman–Crippen MR) is 46.9 cm³/mol. The number of hydrogen-bond donors (Lipinski definition) is 0. The first-order valence-electron chi connectivity index (χ1n) is 3.48. The molecule has 0 amide bonds. The molecule has 56 valence electrons. The molecule has 2 heteroatoms. The van der Waals surface area contributed by atoms with Crippen LogP contribution in [0.5, 0.6) is 0 Å². The van der Waals surface area contributed by atoms with Gasteiger partial charge in [0.2, 0.25) is 0 Å². The van der Waals surface area contributed by atoms with E-state index in [-0.39, 0.29) is 20.9 Å². The average Bonchev–Trinajstić information content (AvgIpc) is 2.07. The van der Waals surface area contributed by atoms with Gasteiger partial charge in [0.25, 0.3) is 0 Å². The zero-order chi connectivity index (χ0) is 7.94. The molecule has 0 spiro atoms. The third kappa shape index (κ3) is 3.42. The van der Waals surface area contributed by atoms with Crippen molar-refractivity contribution in [2.75, 3.05) is 0 Å². The summed E-state index contributed by atoms with van der Waals surface area (Å²) in [6.45, 7) is 0. The molecule has 1 aromatic rings. The summed E-state index contributed by atoms with van der Waals surface area (Å²) in [7, 11) is 0. The maximum atomic E-state index is 8.32. The van der Waals surface area contributed by atoms with Gasteiger partial charge in [0.05, 0.1) is 0 Å². The Bertz CT molecular complexity index is 237. The van der Waals surface area contributed by atoms with Crippen molar-refractivity contribution in [3.05, 3.63) is 30.3 Å². The van der Waals surface area contributed by atoms with Crippen LogP contribution in [0.15, 0.2) is 30.3 Å². The Labute approximate surface area is 77.1 Å². The fraction of sp³-hybridized carbons (Fsp3) is 0.222. The van der Waals surface area contributed by atoms with Crippen molar-refractivity contribution in [2.24, 2.45) is 0 Å². The summed E-state index contributed by atoms with van der Waals surface area (Å²) in [5.41, 5.74) is 0. The Morgan fingerprint density at radius 3 is 2.64 bits per heavy atom. The van der Waals surface area contributed by atoms with Gasteiger partial charge in [0, 0.05) is 0 Å². The molecular weight excluding hydrogens is 250 g/mol. The number of hydrogen-bond acceptors (Lipinski definition) is 1. The topological polar surface area (TPSA) is 23.8 Å². The van der Waals surface area contributed by atoms with E-state index in [9.17, 15) is 0 Å². The first kappa shape index (κ1) is 8.59. The molecule has 0 aliphatic heterocycles. The summed E-state index contributed by atoms with van der Waals surface area (Å²) in [6, 6.07) is 12.6. The average molecular weight is 259 g/mol. The van der Waals surface area contributed by atoms with Crippen LogP contribution in [0.25, 0.3) is 0 Å². The number of nitriles is 1. The first-order valence-corrected chi connectivity index (χ1v) is 6.29. The molecule has 1 nitrogen and oxygen atoms in total. The molecule has 0 atom stereocenters. The molecule has 1 aromatic carbocycles. The Balaban J connectivity index is 2.35. The van der Waals surface area contributed by atoms with Crippen molar-refractivity contribution in [2.45, 2.75) is 10.9 Å². The van der Waals surface area contributed by atoms with Crippen LogP contribution in [-0.4, -0.2) is 20.9 Å². The summed E-state index contributed by atoms with van der Waals surface area (Å²) in [6.07, 6.45) is 0.719. The normalized spacial score (nSPS) is 9.00. The van der Waals surface area contributed by atoms with E-state index >= 15 is 0 Å². The Morgan fingerprint density at radius 1 is 1.27 bits per heavy atom. The fourth-order valence-electron chi connectivity index (χ4n) is 0.731. The van der Waals surface area contributed by atoms with Gasteiger partial charge in [-0.3, -0.25) is 0 Å². The van der Waals surface area contributed by atoms with E-state index < -0.39 is 0 Å². The molecule has 0 N–H and O–H groups in total. The number of benzene rings is 1. The molecule has 0 saturated carbocycles. The van der Waals surface area contributed by atoms with Gasteiger partial charge in [-0.15, -0.1) is 0 Å². The predicted octanol–water partition coefficient (Wildman–Crippen LogP) is 1.35. The summed E-state index contributed by atoms with van der Waals surface area (Å²) >= 11 is -0.0702. The van der Waals surface area contributed by atoms with Gasteiger partial charge in [0.1, 0.15) is 0 Å².